The number of hydrogen-bond acceptors (Lipinski definition) is 2. The molecule has 0 atom stereocenters. The van der Waals surface area contributed by atoms with E-state index in [1.54, 1.807) is 0 Å². The number of benzene rings is 4. The van der Waals surface area contributed by atoms with Crippen LogP contribution in [0.1, 0.15) is 0 Å². The van der Waals surface area contributed by atoms with Gasteiger partial charge in [0.2, 0.25) is 0 Å². The molecule has 0 bridgehead atoms. The Morgan fingerprint density at radius 2 is 0.667 bits per heavy atom. The number of hydrogen-bond donors (Lipinski definition) is 0. The van der Waals surface area contributed by atoms with Crippen LogP contribution in [0.15, 0.2) is 115 Å². The van der Waals surface area contributed by atoms with E-state index in [0.29, 0.717) is 0 Å². The van der Waals surface area contributed by atoms with E-state index >= 15 is 0 Å². The molecule has 0 amide bonds. The highest BCUT2D eigenvalue weighted by molar-refractivity contribution is 5.86. The van der Waals surface area contributed by atoms with E-state index < -0.39 is 0 Å². The van der Waals surface area contributed by atoms with Crippen molar-refractivity contribution in [3.8, 4) is 45.0 Å². The van der Waals surface area contributed by atoms with Gasteiger partial charge in [-0.25, -0.2) is 9.97 Å². The molecule has 0 N–H and O–H groups in total. The third-order valence-corrected chi connectivity index (χ3v) is 5.03. The molecular formula is C28H19N2. The Labute approximate surface area is 176 Å². The van der Waals surface area contributed by atoms with E-state index in [4.69, 9.17) is 9.97 Å². The van der Waals surface area contributed by atoms with Gasteiger partial charge in [0, 0.05) is 22.3 Å². The summed E-state index contributed by atoms with van der Waals surface area (Å²) in [6, 6.07) is 41.8. The fourth-order valence-corrected chi connectivity index (χ4v) is 3.57. The SMILES string of the molecule is [c]1ccc(-c2nc(-c3ccccc3)c(-c3ccccc3)nc2-c2ccccc2)cc1. The van der Waals surface area contributed by atoms with E-state index in [1.165, 1.54) is 0 Å². The minimum absolute atomic E-state index is 0.869. The zero-order valence-electron chi connectivity index (χ0n) is 16.4. The molecule has 30 heavy (non-hydrogen) atoms. The monoisotopic (exact) mass is 383 g/mol. The van der Waals surface area contributed by atoms with Crippen molar-refractivity contribution < 1.29 is 0 Å². The fourth-order valence-electron chi connectivity index (χ4n) is 3.57. The molecule has 2 nitrogen and oxygen atoms in total. The number of aromatic nitrogens is 2. The molecular weight excluding hydrogens is 364 g/mol. The predicted molar refractivity (Wildman–Crippen MR) is 123 cm³/mol. The maximum Gasteiger partial charge on any atom is 0.0973 e. The molecule has 0 spiro atoms. The van der Waals surface area contributed by atoms with Gasteiger partial charge in [-0.1, -0.05) is 115 Å². The van der Waals surface area contributed by atoms with Crippen LogP contribution in [0.25, 0.3) is 45.0 Å². The zero-order chi connectivity index (χ0) is 20.2. The van der Waals surface area contributed by atoms with Crippen molar-refractivity contribution in [1.29, 1.82) is 0 Å². The summed E-state index contributed by atoms with van der Waals surface area (Å²) < 4.78 is 0. The van der Waals surface area contributed by atoms with Gasteiger partial charge in [-0.2, -0.15) is 0 Å². The first kappa shape index (κ1) is 18.0. The third-order valence-electron chi connectivity index (χ3n) is 5.03. The molecule has 2 heteroatoms. The summed E-state index contributed by atoms with van der Waals surface area (Å²) in [6.45, 7) is 0. The predicted octanol–water partition coefficient (Wildman–Crippen LogP) is 6.94. The largest absolute Gasteiger partial charge is 0.243 e. The van der Waals surface area contributed by atoms with Crippen molar-refractivity contribution >= 4 is 0 Å². The molecule has 0 aliphatic heterocycles. The fraction of sp³-hybridized carbons (Fsp3) is 0. The summed E-state index contributed by atoms with van der Waals surface area (Å²) in [5, 5.41) is 0. The van der Waals surface area contributed by atoms with Crippen LogP contribution in [-0.4, -0.2) is 9.97 Å². The van der Waals surface area contributed by atoms with Gasteiger partial charge in [-0.3, -0.25) is 0 Å². The molecule has 5 rings (SSSR count). The molecule has 1 radical (unpaired) electrons. The molecule has 141 valence electrons. The first-order valence-corrected chi connectivity index (χ1v) is 9.95. The first-order chi connectivity index (χ1) is 14.9. The molecule has 0 fully saturated rings. The smallest absolute Gasteiger partial charge is 0.0973 e. The van der Waals surface area contributed by atoms with Crippen LogP contribution in [0.2, 0.25) is 0 Å². The van der Waals surface area contributed by atoms with E-state index in [0.717, 1.165) is 45.0 Å². The average Bonchev–Trinajstić information content (AvgIpc) is 2.85. The molecule has 0 unspecified atom stereocenters. The Hall–Kier alpha value is -4.04. The van der Waals surface area contributed by atoms with Gasteiger partial charge in [-0.15, -0.1) is 0 Å². The molecule has 5 aromatic rings. The van der Waals surface area contributed by atoms with Crippen LogP contribution in [0, 0.1) is 6.07 Å². The van der Waals surface area contributed by atoms with Crippen LogP contribution >= 0.6 is 0 Å². The molecule has 1 aromatic heterocycles. The van der Waals surface area contributed by atoms with Gasteiger partial charge in [-0.05, 0) is 6.07 Å². The minimum Gasteiger partial charge on any atom is -0.243 e. The molecule has 0 saturated carbocycles. The molecule has 1 heterocycles. The lowest BCUT2D eigenvalue weighted by atomic mass is 9.99. The van der Waals surface area contributed by atoms with Crippen molar-refractivity contribution in [3.05, 3.63) is 121 Å². The van der Waals surface area contributed by atoms with Gasteiger partial charge in [0.25, 0.3) is 0 Å². The molecule has 0 aliphatic rings. The topological polar surface area (TPSA) is 25.8 Å². The highest BCUT2D eigenvalue weighted by Gasteiger charge is 2.18. The lowest BCUT2D eigenvalue weighted by molar-refractivity contribution is 1.21. The maximum absolute atomic E-state index is 5.19. The van der Waals surface area contributed by atoms with Gasteiger partial charge < -0.3 is 0 Å². The zero-order valence-corrected chi connectivity index (χ0v) is 16.4. The standard InChI is InChI=1S/C28H19N2/c1-5-13-21(14-6-1)25-26(22-15-7-2-8-16-22)30-28(24-19-11-4-12-20-24)27(29-25)23-17-9-3-10-18-23/h1-3,5-20H. The Balaban J connectivity index is 1.85. The molecule has 0 saturated heterocycles. The first-order valence-electron chi connectivity index (χ1n) is 9.95. The van der Waals surface area contributed by atoms with Crippen LogP contribution in [0.5, 0.6) is 0 Å². The Morgan fingerprint density at radius 1 is 0.367 bits per heavy atom. The lowest BCUT2D eigenvalue weighted by Gasteiger charge is -2.16. The quantitative estimate of drug-likeness (QED) is 0.336. The summed E-state index contributed by atoms with van der Waals surface area (Å²) in [4.78, 5) is 10.4. The van der Waals surface area contributed by atoms with Crippen molar-refractivity contribution in [2.75, 3.05) is 0 Å². The van der Waals surface area contributed by atoms with E-state index in [1.807, 2.05) is 78.9 Å². The normalized spacial score (nSPS) is 10.7. The average molecular weight is 383 g/mol. The van der Waals surface area contributed by atoms with Crippen molar-refractivity contribution in [3.63, 3.8) is 0 Å². The van der Waals surface area contributed by atoms with E-state index in [2.05, 4.69) is 42.5 Å². The molecule has 4 aromatic carbocycles. The minimum atomic E-state index is 0.869. The molecule has 0 aliphatic carbocycles. The Bertz CT molecular complexity index is 1050. The van der Waals surface area contributed by atoms with Crippen molar-refractivity contribution in [1.82, 2.24) is 9.97 Å². The van der Waals surface area contributed by atoms with Crippen LogP contribution < -0.4 is 0 Å². The van der Waals surface area contributed by atoms with Gasteiger partial charge in [0.15, 0.2) is 0 Å². The van der Waals surface area contributed by atoms with Crippen LogP contribution in [-0.2, 0) is 0 Å². The third kappa shape index (κ3) is 3.51. The van der Waals surface area contributed by atoms with Crippen LogP contribution in [0.4, 0.5) is 0 Å². The summed E-state index contributed by atoms with van der Waals surface area (Å²) in [5.74, 6) is 0. The highest BCUT2D eigenvalue weighted by Crippen LogP contribution is 2.36. The number of rotatable bonds is 4. The maximum atomic E-state index is 5.19. The Morgan fingerprint density at radius 3 is 1.00 bits per heavy atom. The van der Waals surface area contributed by atoms with Crippen LogP contribution in [0.3, 0.4) is 0 Å². The second-order valence-corrected chi connectivity index (χ2v) is 7.00. The highest BCUT2D eigenvalue weighted by atomic mass is 14.9. The Kier molecular flexibility index (Phi) is 4.89. The number of nitrogens with zero attached hydrogens (tertiary/aromatic N) is 2. The summed E-state index contributed by atoms with van der Waals surface area (Å²) in [7, 11) is 0. The second-order valence-electron chi connectivity index (χ2n) is 7.00. The summed E-state index contributed by atoms with van der Waals surface area (Å²) in [6.07, 6.45) is 0. The van der Waals surface area contributed by atoms with E-state index in [9.17, 15) is 0 Å². The van der Waals surface area contributed by atoms with Gasteiger partial charge >= 0.3 is 0 Å². The van der Waals surface area contributed by atoms with E-state index in [-0.39, 0.29) is 0 Å². The summed E-state index contributed by atoms with van der Waals surface area (Å²) >= 11 is 0. The lowest BCUT2D eigenvalue weighted by Crippen LogP contribution is -2.00. The van der Waals surface area contributed by atoms with Gasteiger partial charge in [0.05, 0.1) is 22.8 Å². The van der Waals surface area contributed by atoms with Crippen molar-refractivity contribution in [2.24, 2.45) is 0 Å². The summed E-state index contributed by atoms with van der Waals surface area (Å²) in [5.41, 5.74) is 7.67. The van der Waals surface area contributed by atoms with Gasteiger partial charge in [0.1, 0.15) is 0 Å². The second kappa shape index (κ2) is 8.14. The van der Waals surface area contributed by atoms with Crippen molar-refractivity contribution in [2.45, 2.75) is 0 Å².